The van der Waals surface area contributed by atoms with E-state index in [4.69, 9.17) is 4.42 Å². The zero-order chi connectivity index (χ0) is 9.76. The molecule has 2 nitrogen and oxygen atoms in total. The molecule has 1 aliphatic carbocycles. The molecule has 3 rings (SSSR count). The number of furan rings is 1. The second kappa shape index (κ2) is 2.39. The molecule has 0 aliphatic heterocycles. The summed E-state index contributed by atoms with van der Waals surface area (Å²) >= 11 is 0. The predicted molar refractivity (Wildman–Crippen MR) is 54.1 cm³/mol. The van der Waals surface area contributed by atoms with Crippen LogP contribution in [0.4, 0.5) is 0 Å². The molecule has 0 unspecified atom stereocenters. The van der Waals surface area contributed by atoms with Crippen LogP contribution >= 0.6 is 0 Å². The molecule has 0 bridgehead atoms. The third-order valence-electron chi connectivity index (χ3n) is 2.85. The van der Waals surface area contributed by atoms with Crippen molar-refractivity contribution in [1.29, 1.82) is 0 Å². The first kappa shape index (κ1) is 8.06. The maximum atomic E-state index is 9.88. The lowest BCUT2D eigenvalue weighted by Gasteiger charge is -1.99. The molecule has 1 aliphatic rings. The first-order chi connectivity index (χ1) is 6.67. The molecule has 2 aromatic rings. The van der Waals surface area contributed by atoms with Crippen LogP contribution in [0.25, 0.3) is 11.0 Å². The third kappa shape index (κ3) is 1.07. The Balaban J connectivity index is 2.20. The number of hydrogen-bond acceptors (Lipinski definition) is 2. The van der Waals surface area contributed by atoms with Crippen LogP contribution < -0.4 is 0 Å². The van der Waals surface area contributed by atoms with E-state index >= 15 is 0 Å². The molecule has 0 atom stereocenters. The van der Waals surface area contributed by atoms with Gasteiger partial charge in [0.15, 0.2) is 0 Å². The minimum absolute atomic E-state index is 0.660. The summed E-state index contributed by atoms with van der Waals surface area (Å²) < 4.78 is 5.60. The van der Waals surface area contributed by atoms with Crippen molar-refractivity contribution in [3.8, 4) is 0 Å². The maximum absolute atomic E-state index is 9.88. The van der Waals surface area contributed by atoms with Gasteiger partial charge in [-0.3, -0.25) is 0 Å². The Hall–Kier alpha value is -1.28. The molecule has 1 saturated carbocycles. The highest BCUT2D eigenvalue weighted by atomic mass is 16.4. The third-order valence-corrected chi connectivity index (χ3v) is 2.85. The smallest absolute Gasteiger partial charge is 0.136 e. The number of aliphatic hydroxyl groups is 1. The Bertz CT molecular complexity index is 492. The van der Waals surface area contributed by atoms with Gasteiger partial charge in [-0.25, -0.2) is 0 Å². The summed E-state index contributed by atoms with van der Waals surface area (Å²) in [4.78, 5) is 0. The largest absolute Gasteiger partial charge is 0.458 e. The predicted octanol–water partition coefficient (Wildman–Crippen LogP) is 2.72. The summed E-state index contributed by atoms with van der Waals surface area (Å²) in [6.07, 6.45) is 1.65. The fourth-order valence-electron chi connectivity index (χ4n) is 1.76. The van der Waals surface area contributed by atoms with Crippen LogP contribution in [-0.4, -0.2) is 5.11 Å². The van der Waals surface area contributed by atoms with Gasteiger partial charge in [-0.2, -0.15) is 0 Å². The van der Waals surface area contributed by atoms with E-state index in [2.05, 4.69) is 13.0 Å². The molecule has 0 amide bonds. The van der Waals surface area contributed by atoms with E-state index < -0.39 is 5.60 Å². The maximum Gasteiger partial charge on any atom is 0.136 e. The molecular formula is C12H12O2. The summed E-state index contributed by atoms with van der Waals surface area (Å²) in [7, 11) is 0. The van der Waals surface area contributed by atoms with Crippen molar-refractivity contribution in [3.05, 3.63) is 35.6 Å². The monoisotopic (exact) mass is 188 g/mol. The van der Waals surface area contributed by atoms with Crippen molar-refractivity contribution >= 4 is 11.0 Å². The van der Waals surface area contributed by atoms with Crippen molar-refractivity contribution in [2.45, 2.75) is 25.4 Å². The lowest BCUT2D eigenvalue weighted by atomic mass is 10.1. The van der Waals surface area contributed by atoms with E-state index in [-0.39, 0.29) is 0 Å². The van der Waals surface area contributed by atoms with Crippen LogP contribution in [0.15, 0.2) is 28.7 Å². The molecule has 2 heteroatoms. The molecule has 1 heterocycles. The number of fused-ring (bicyclic) bond motifs is 1. The van der Waals surface area contributed by atoms with Crippen molar-refractivity contribution < 1.29 is 9.52 Å². The Morgan fingerprint density at radius 1 is 1.29 bits per heavy atom. The van der Waals surface area contributed by atoms with Crippen LogP contribution in [0, 0.1) is 6.92 Å². The van der Waals surface area contributed by atoms with Gasteiger partial charge >= 0.3 is 0 Å². The summed E-state index contributed by atoms with van der Waals surface area (Å²) in [5.41, 5.74) is 1.42. The van der Waals surface area contributed by atoms with Gasteiger partial charge in [-0.1, -0.05) is 11.6 Å². The first-order valence-corrected chi connectivity index (χ1v) is 4.90. The second-order valence-corrected chi connectivity index (χ2v) is 4.18. The van der Waals surface area contributed by atoms with Gasteiger partial charge < -0.3 is 9.52 Å². The van der Waals surface area contributed by atoms with E-state index in [1.165, 1.54) is 5.56 Å². The number of benzene rings is 1. The minimum atomic E-state index is -0.660. The van der Waals surface area contributed by atoms with E-state index in [1.807, 2.05) is 18.2 Å². The summed E-state index contributed by atoms with van der Waals surface area (Å²) in [6, 6.07) is 8.01. The molecule has 0 spiro atoms. The van der Waals surface area contributed by atoms with Gasteiger partial charge in [0.05, 0.1) is 0 Å². The SMILES string of the molecule is Cc1ccc2oc(C3(O)CC3)cc2c1. The molecule has 1 fully saturated rings. The van der Waals surface area contributed by atoms with Gasteiger partial charge in [0.2, 0.25) is 0 Å². The van der Waals surface area contributed by atoms with E-state index in [0.717, 1.165) is 29.6 Å². The molecule has 0 saturated heterocycles. The Morgan fingerprint density at radius 3 is 2.79 bits per heavy atom. The molecule has 1 aromatic heterocycles. The molecule has 1 aromatic carbocycles. The Labute approximate surface area is 82.2 Å². The van der Waals surface area contributed by atoms with E-state index in [1.54, 1.807) is 0 Å². The van der Waals surface area contributed by atoms with Crippen molar-refractivity contribution in [2.75, 3.05) is 0 Å². The van der Waals surface area contributed by atoms with Gasteiger partial charge in [0.25, 0.3) is 0 Å². The topological polar surface area (TPSA) is 33.4 Å². The highest BCUT2D eigenvalue weighted by Crippen LogP contribution is 2.46. The standard InChI is InChI=1S/C12H12O2/c1-8-2-3-10-9(6-8)7-11(14-10)12(13)4-5-12/h2-3,6-7,13H,4-5H2,1H3. The molecule has 1 N–H and O–H groups in total. The number of rotatable bonds is 1. The van der Waals surface area contributed by atoms with Crippen molar-refractivity contribution in [3.63, 3.8) is 0 Å². The van der Waals surface area contributed by atoms with Gasteiger partial charge in [0.1, 0.15) is 16.9 Å². The lowest BCUT2D eigenvalue weighted by molar-refractivity contribution is 0.125. The lowest BCUT2D eigenvalue weighted by Crippen LogP contribution is -2.00. The zero-order valence-electron chi connectivity index (χ0n) is 8.08. The van der Waals surface area contributed by atoms with Crippen molar-refractivity contribution in [2.24, 2.45) is 0 Å². The minimum Gasteiger partial charge on any atom is -0.458 e. The molecule has 0 radical (unpaired) electrons. The molecule has 72 valence electrons. The van der Waals surface area contributed by atoms with Crippen molar-refractivity contribution in [1.82, 2.24) is 0 Å². The molecule has 14 heavy (non-hydrogen) atoms. The van der Waals surface area contributed by atoms with Crippen LogP contribution in [0.3, 0.4) is 0 Å². The second-order valence-electron chi connectivity index (χ2n) is 4.18. The van der Waals surface area contributed by atoms with Crippen LogP contribution in [0.1, 0.15) is 24.2 Å². The first-order valence-electron chi connectivity index (χ1n) is 4.90. The highest BCUT2D eigenvalue weighted by Gasteiger charge is 2.45. The van der Waals surface area contributed by atoms with Crippen LogP contribution in [-0.2, 0) is 5.60 Å². The fourth-order valence-corrected chi connectivity index (χ4v) is 1.76. The van der Waals surface area contributed by atoms with Gasteiger partial charge in [-0.15, -0.1) is 0 Å². The van der Waals surface area contributed by atoms with Crippen LogP contribution in [0.2, 0.25) is 0 Å². The Morgan fingerprint density at radius 2 is 2.07 bits per heavy atom. The normalized spacial score (nSPS) is 18.7. The number of aryl methyl sites for hydroxylation is 1. The molecular weight excluding hydrogens is 176 g/mol. The summed E-state index contributed by atoms with van der Waals surface area (Å²) in [6.45, 7) is 2.05. The van der Waals surface area contributed by atoms with Gasteiger partial charge in [0, 0.05) is 5.39 Å². The zero-order valence-corrected chi connectivity index (χ0v) is 8.08. The summed E-state index contributed by atoms with van der Waals surface area (Å²) in [5, 5.41) is 11.0. The average molecular weight is 188 g/mol. The highest BCUT2D eigenvalue weighted by molar-refractivity contribution is 5.79. The summed E-state index contributed by atoms with van der Waals surface area (Å²) in [5.74, 6) is 0.720. The average Bonchev–Trinajstić information content (AvgIpc) is 2.77. The van der Waals surface area contributed by atoms with Gasteiger partial charge in [-0.05, 0) is 38.0 Å². The fraction of sp³-hybridized carbons (Fsp3) is 0.333. The number of hydrogen-bond donors (Lipinski definition) is 1. The Kier molecular flexibility index (Phi) is 1.38. The van der Waals surface area contributed by atoms with E-state index in [9.17, 15) is 5.11 Å². The van der Waals surface area contributed by atoms with E-state index in [0.29, 0.717) is 0 Å². The van der Waals surface area contributed by atoms with Crippen LogP contribution in [0.5, 0.6) is 0 Å². The quantitative estimate of drug-likeness (QED) is 0.746.